The van der Waals surface area contributed by atoms with Crippen LogP contribution in [-0.2, 0) is 0 Å². The van der Waals surface area contributed by atoms with Gasteiger partial charge in [0, 0.05) is 6.54 Å². The van der Waals surface area contributed by atoms with Gasteiger partial charge < -0.3 is 16.2 Å². The minimum Gasteiger partial charge on any atom is -0.397 e. The fourth-order valence-corrected chi connectivity index (χ4v) is 1.61. The van der Waals surface area contributed by atoms with Crippen molar-refractivity contribution in [3.8, 4) is 0 Å². The van der Waals surface area contributed by atoms with E-state index in [4.69, 9.17) is 5.73 Å². The molecule has 0 atom stereocenters. The minimum atomic E-state index is -0.901. The predicted octanol–water partition coefficient (Wildman–Crippen LogP) is 0.831. The summed E-state index contributed by atoms with van der Waals surface area (Å²) >= 11 is 1.29. The van der Waals surface area contributed by atoms with E-state index in [0.717, 1.165) is 0 Å². The number of thiophene rings is 1. The quantitative estimate of drug-likeness (QED) is 0.697. The van der Waals surface area contributed by atoms with Crippen molar-refractivity contribution in [2.45, 2.75) is 19.4 Å². The molecule has 0 aliphatic rings. The summed E-state index contributed by atoms with van der Waals surface area (Å²) in [4.78, 5) is 12.0. The van der Waals surface area contributed by atoms with E-state index in [1.807, 2.05) is 0 Å². The van der Waals surface area contributed by atoms with Crippen molar-refractivity contribution in [3.05, 3.63) is 16.3 Å². The summed E-state index contributed by atoms with van der Waals surface area (Å²) in [6, 6.07) is 1.68. The Labute approximate surface area is 86.7 Å². The van der Waals surface area contributed by atoms with Gasteiger partial charge in [-0.15, -0.1) is 11.3 Å². The van der Waals surface area contributed by atoms with E-state index in [1.165, 1.54) is 11.3 Å². The third-order valence-electron chi connectivity index (χ3n) is 1.58. The van der Waals surface area contributed by atoms with Crippen molar-refractivity contribution in [1.82, 2.24) is 5.32 Å². The van der Waals surface area contributed by atoms with Crippen LogP contribution in [0, 0.1) is 0 Å². The summed E-state index contributed by atoms with van der Waals surface area (Å²) in [5.74, 6) is -0.236. The molecule has 0 spiro atoms. The van der Waals surface area contributed by atoms with Gasteiger partial charge in [0.25, 0.3) is 5.91 Å². The lowest BCUT2D eigenvalue weighted by Gasteiger charge is -2.17. The number of anilines is 1. The van der Waals surface area contributed by atoms with Gasteiger partial charge in [0.15, 0.2) is 0 Å². The van der Waals surface area contributed by atoms with Gasteiger partial charge >= 0.3 is 0 Å². The van der Waals surface area contributed by atoms with Crippen LogP contribution in [0.25, 0.3) is 0 Å². The maximum Gasteiger partial charge on any atom is 0.263 e. The normalized spacial score (nSPS) is 11.4. The summed E-state index contributed by atoms with van der Waals surface area (Å²) in [5.41, 5.74) is 5.14. The molecule has 1 heterocycles. The van der Waals surface area contributed by atoms with Gasteiger partial charge in [0.2, 0.25) is 0 Å². The summed E-state index contributed by atoms with van der Waals surface area (Å²) in [6.07, 6.45) is 0. The molecular formula is C9H14N2O2S. The molecular weight excluding hydrogens is 200 g/mol. The Bertz CT molecular complexity index is 328. The molecule has 0 aliphatic heterocycles. The molecule has 0 radical (unpaired) electrons. The average molecular weight is 214 g/mol. The van der Waals surface area contributed by atoms with Gasteiger partial charge in [0.1, 0.15) is 4.88 Å². The number of amides is 1. The van der Waals surface area contributed by atoms with E-state index in [0.29, 0.717) is 10.6 Å². The molecule has 4 N–H and O–H groups in total. The van der Waals surface area contributed by atoms with E-state index >= 15 is 0 Å². The maximum atomic E-state index is 11.5. The number of aliphatic hydroxyl groups is 1. The predicted molar refractivity (Wildman–Crippen MR) is 57.4 cm³/mol. The number of nitrogen functional groups attached to an aromatic ring is 1. The van der Waals surface area contributed by atoms with E-state index in [-0.39, 0.29) is 12.5 Å². The lowest BCUT2D eigenvalue weighted by atomic mass is 10.1. The highest BCUT2D eigenvalue weighted by atomic mass is 32.1. The number of nitrogens with one attached hydrogen (secondary N) is 1. The van der Waals surface area contributed by atoms with Crippen LogP contribution in [0.15, 0.2) is 11.4 Å². The Balaban J connectivity index is 2.56. The zero-order valence-electron chi connectivity index (χ0n) is 8.20. The van der Waals surface area contributed by atoms with Gasteiger partial charge in [-0.3, -0.25) is 4.79 Å². The molecule has 4 nitrogen and oxygen atoms in total. The Morgan fingerprint density at radius 1 is 1.71 bits per heavy atom. The Morgan fingerprint density at radius 2 is 2.36 bits per heavy atom. The number of carbonyl (C=O) groups is 1. The Hall–Kier alpha value is -1.07. The molecule has 1 amide bonds. The molecule has 78 valence electrons. The van der Waals surface area contributed by atoms with Gasteiger partial charge in [-0.05, 0) is 25.3 Å². The molecule has 14 heavy (non-hydrogen) atoms. The van der Waals surface area contributed by atoms with E-state index in [1.54, 1.807) is 25.3 Å². The summed E-state index contributed by atoms with van der Waals surface area (Å²) in [6.45, 7) is 3.47. The highest BCUT2D eigenvalue weighted by Crippen LogP contribution is 2.18. The van der Waals surface area contributed by atoms with Gasteiger partial charge in [-0.25, -0.2) is 0 Å². The molecule has 0 aromatic carbocycles. The molecule has 0 unspecified atom stereocenters. The topological polar surface area (TPSA) is 75.3 Å². The first-order chi connectivity index (χ1) is 6.40. The Morgan fingerprint density at radius 3 is 2.79 bits per heavy atom. The first kappa shape index (κ1) is 11.0. The van der Waals surface area contributed by atoms with Crippen LogP contribution in [0.3, 0.4) is 0 Å². The van der Waals surface area contributed by atoms with Gasteiger partial charge in [0.05, 0.1) is 11.3 Å². The van der Waals surface area contributed by atoms with Crippen molar-refractivity contribution in [3.63, 3.8) is 0 Å². The molecule has 1 rings (SSSR count). The maximum absolute atomic E-state index is 11.5. The highest BCUT2D eigenvalue weighted by molar-refractivity contribution is 7.12. The van der Waals surface area contributed by atoms with Crippen molar-refractivity contribution < 1.29 is 9.90 Å². The first-order valence-electron chi connectivity index (χ1n) is 4.24. The third-order valence-corrected chi connectivity index (χ3v) is 2.51. The fourth-order valence-electron chi connectivity index (χ4n) is 0.881. The zero-order chi connectivity index (χ0) is 10.8. The van der Waals surface area contributed by atoms with Gasteiger partial charge in [-0.2, -0.15) is 0 Å². The van der Waals surface area contributed by atoms with E-state index in [9.17, 15) is 9.90 Å². The van der Waals surface area contributed by atoms with E-state index < -0.39 is 5.60 Å². The molecule has 0 aliphatic carbocycles. The van der Waals surface area contributed by atoms with Crippen molar-refractivity contribution in [1.29, 1.82) is 0 Å². The Kier molecular flexibility index (Phi) is 3.13. The second-order valence-electron chi connectivity index (χ2n) is 3.70. The summed E-state index contributed by atoms with van der Waals surface area (Å²) in [7, 11) is 0. The lowest BCUT2D eigenvalue weighted by Crippen LogP contribution is -2.38. The van der Waals surface area contributed by atoms with Crippen LogP contribution >= 0.6 is 11.3 Å². The third kappa shape index (κ3) is 3.01. The largest absolute Gasteiger partial charge is 0.397 e. The highest BCUT2D eigenvalue weighted by Gasteiger charge is 2.16. The zero-order valence-corrected chi connectivity index (χ0v) is 9.02. The number of hydrogen-bond donors (Lipinski definition) is 3. The molecule has 1 aromatic rings. The molecule has 0 bridgehead atoms. The molecule has 5 heteroatoms. The lowest BCUT2D eigenvalue weighted by molar-refractivity contribution is 0.0696. The number of rotatable bonds is 3. The van der Waals surface area contributed by atoms with Crippen LogP contribution in [0.1, 0.15) is 23.5 Å². The standard InChI is InChI=1S/C9H14N2O2S/c1-9(2,13)5-11-8(12)7-6(10)3-4-14-7/h3-4,13H,5,10H2,1-2H3,(H,11,12). The molecule has 0 saturated carbocycles. The summed E-state index contributed by atoms with van der Waals surface area (Å²) < 4.78 is 0. The monoisotopic (exact) mass is 214 g/mol. The van der Waals surface area contributed by atoms with Crippen LogP contribution in [-0.4, -0.2) is 23.2 Å². The smallest absolute Gasteiger partial charge is 0.263 e. The van der Waals surface area contributed by atoms with Crippen molar-refractivity contribution >= 4 is 22.9 Å². The SMILES string of the molecule is CC(C)(O)CNC(=O)c1sccc1N. The molecule has 0 fully saturated rings. The summed E-state index contributed by atoms with van der Waals surface area (Å²) in [5, 5.41) is 13.8. The van der Waals surface area contributed by atoms with Crippen LogP contribution in [0.2, 0.25) is 0 Å². The molecule has 1 aromatic heterocycles. The number of nitrogens with two attached hydrogens (primary N) is 1. The van der Waals surface area contributed by atoms with E-state index in [2.05, 4.69) is 5.32 Å². The number of hydrogen-bond acceptors (Lipinski definition) is 4. The minimum absolute atomic E-state index is 0.211. The van der Waals surface area contributed by atoms with Gasteiger partial charge in [-0.1, -0.05) is 0 Å². The van der Waals surface area contributed by atoms with Crippen molar-refractivity contribution in [2.75, 3.05) is 12.3 Å². The average Bonchev–Trinajstić information content (AvgIpc) is 2.46. The second-order valence-corrected chi connectivity index (χ2v) is 4.62. The van der Waals surface area contributed by atoms with Crippen LogP contribution in [0.5, 0.6) is 0 Å². The van der Waals surface area contributed by atoms with Crippen LogP contribution < -0.4 is 11.1 Å². The number of carbonyl (C=O) groups excluding carboxylic acids is 1. The first-order valence-corrected chi connectivity index (χ1v) is 5.12. The van der Waals surface area contributed by atoms with Crippen LogP contribution in [0.4, 0.5) is 5.69 Å². The second kappa shape index (κ2) is 3.98. The van der Waals surface area contributed by atoms with Crippen molar-refractivity contribution in [2.24, 2.45) is 0 Å². The molecule has 0 saturated heterocycles. The fraction of sp³-hybridized carbons (Fsp3) is 0.444.